The summed E-state index contributed by atoms with van der Waals surface area (Å²) in [5.74, 6) is 1.60. The van der Waals surface area contributed by atoms with Crippen molar-refractivity contribution >= 4 is 22.7 Å². The average Bonchev–Trinajstić information content (AvgIpc) is 2.83. The second-order valence-corrected chi connectivity index (χ2v) is 5.27. The molecule has 19 heavy (non-hydrogen) atoms. The maximum atomic E-state index is 5.78. The molecule has 5 heteroatoms. The summed E-state index contributed by atoms with van der Waals surface area (Å²) in [7, 11) is 2.08. The van der Waals surface area contributed by atoms with Crippen molar-refractivity contribution < 1.29 is 4.74 Å². The van der Waals surface area contributed by atoms with Crippen LogP contribution in [0, 0.1) is 5.92 Å². The highest BCUT2D eigenvalue weighted by Crippen LogP contribution is 2.21. The SMILES string of the molecule is CN(CC1CCOCC1)c1nc2ccc(N)cc2[nH]1. The number of anilines is 2. The molecule has 1 saturated heterocycles. The Morgan fingerprint density at radius 2 is 2.21 bits per heavy atom. The summed E-state index contributed by atoms with van der Waals surface area (Å²) >= 11 is 0. The maximum absolute atomic E-state index is 5.78. The molecule has 0 spiro atoms. The van der Waals surface area contributed by atoms with Gasteiger partial charge in [0.25, 0.3) is 0 Å². The second-order valence-electron chi connectivity index (χ2n) is 5.27. The monoisotopic (exact) mass is 260 g/mol. The number of nitrogens with zero attached hydrogens (tertiary/aromatic N) is 2. The van der Waals surface area contributed by atoms with E-state index in [0.29, 0.717) is 5.92 Å². The van der Waals surface area contributed by atoms with Gasteiger partial charge in [-0.2, -0.15) is 0 Å². The first kappa shape index (κ1) is 12.3. The van der Waals surface area contributed by atoms with E-state index >= 15 is 0 Å². The molecule has 3 rings (SSSR count). The van der Waals surface area contributed by atoms with Crippen LogP contribution in [0.3, 0.4) is 0 Å². The Labute approximate surface area is 112 Å². The zero-order valence-electron chi connectivity index (χ0n) is 11.2. The lowest BCUT2D eigenvalue weighted by molar-refractivity contribution is 0.0684. The van der Waals surface area contributed by atoms with Crippen LogP contribution in [0.5, 0.6) is 0 Å². The van der Waals surface area contributed by atoms with Gasteiger partial charge >= 0.3 is 0 Å². The molecule has 0 unspecified atom stereocenters. The van der Waals surface area contributed by atoms with Gasteiger partial charge in [-0.3, -0.25) is 0 Å². The molecule has 1 aliphatic rings. The number of hydrogen-bond donors (Lipinski definition) is 2. The molecule has 2 heterocycles. The summed E-state index contributed by atoms with van der Waals surface area (Å²) in [6.45, 7) is 2.78. The minimum Gasteiger partial charge on any atom is -0.399 e. The lowest BCUT2D eigenvalue weighted by Gasteiger charge is -2.26. The van der Waals surface area contributed by atoms with Crippen molar-refractivity contribution in [2.24, 2.45) is 5.92 Å². The standard InChI is InChI=1S/C14H20N4O/c1-18(9-10-4-6-19-7-5-10)14-16-12-3-2-11(15)8-13(12)17-14/h2-3,8,10H,4-7,9,15H2,1H3,(H,16,17). The summed E-state index contributed by atoms with van der Waals surface area (Å²) in [5, 5.41) is 0. The third-order valence-corrected chi connectivity index (χ3v) is 3.73. The third kappa shape index (κ3) is 2.66. The Kier molecular flexibility index (Phi) is 3.29. The number of benzene rings is 1. The number of imidazole rings is 1. The van der Waals surface area contributed by atoms with Crippen molar-refractivity contribution in [3.63, 3.8) is 0 Å². The normalized spacial score (nSPS) is 16.9. The predicted molar refractivity (Wildman–Crippen MR) is 77.3 cm³/mol. The molecule has 3 N–H and O–H groups in total. The van der Waals surface area contributed by atoms with Crippen LogP contribution in [0.4, 0.5) is 11.6 Å². The molecule has 1 aromatic carbocycles. The fraction of sp³-hybridized carbons (Fsp3) is 0.500. The number of H-pyrrole nitrogens is 1. The number of aromatic nitrogens is 2. The van der Waals surface area contributed by atoms with Gasteiger partial charge in [-0.05, 0) is 37.0 Å². The van der Waals surface area contributed by atoms with Gasteiger partial charge in [-0.1, -0.05) is 0 Å². The quantitative estimate of drug-likeness (QED) is 0.828. The van der Waals surface area contributed by atoms with Crippen LogP contribution >= 0.6 is 0 Å². The number of aromatic amines is 1. The lowest BCUT2D eigenvalue weighted by Crippen LogP contribution is -2.30. The van der Waals surface area contributed by atoms with Gasteiger partial charge in [0.15, 0.2) is 0 Å². The fourth-order valence-electron chi connectivity index (χ4n) is 2.60. The Hall–Kier alpha value is -1.75. The highest BCUT2D eigenvalue weighted by Gasteiger charge is 2.17. The summed E-state index contributed by atoms with van der Waals surface area (Å²) in [5.41, 5.74) is 8.50. The van der Waals surface area contributed by atoms with Gasteiger partial charge in [0, 0.05) is 32.5 Å². The van der Waals surface area contributed by atoms with Gasteiger partial charge in [0.2, 0.25) is 5.95 Å². The van der Waals surface area contributed by atoms with Gasteiger partial charge in [0.1, 0.15) is 0 Å². The summed E-state index contributed by atoms with van der Waals surface area (Å²) in [4.78, 5) is 10.1. The van der Waals surface area contributed by atoms with E-state index in [4.69, 9.17) is 10.5 Å². The first-order chi connectivity index (χ1) is 9.22. The molecule has 0 saturated carbocycles. The van der Waals surface area contributed by atoms with Crippen LogP contribution in [0.15, 0.2) is 18.2 Å². The van der Waals surface area contributed by atoms with Crippen molar-refractivity contribution in [2.75, 3.05) is 37.4 Å². The summed E-state index contributed by atoms with van der Waals surface area (Å²) < 4.78 is 5.39. The van der Waals surface area contributed by atoms with E-state index in [1.54, 1.807) is 0 Å². The molecule has 0 aliphatic carbocycles. The number of nitrogens with two attached hydrogens (primary N) is 1. The fourth-order valence-corrected chi connectivity index (χ4v) is 2.60. The Morgan fingerprint density at radius 3 is 3.00 bits per heavy atom. The van der Waals surface area contributed by atoms with Crippen LogP contribution < -0.4 is 10.6 Å². The number of nitrogen functional groups attached to an aromatic ring is 1. The smallest absolute Gasteiger partial charge is 0.203 e. The number of hydrogen-bond acceptors (Lipinski definition) is 4. The topological polar surface area (TPSA) is 67.2 Å². The van der Waals surface area contributed by atoms with E-state index in [2.05, 4.69) is 21.9 Å². The maximum Gasteiger partial charge on any atom is 0.203 e. The highest BCUT2D eigenvalue weighted by molar-refractivity contribution is 5.80. The van der Waals surface area contributed by atoms with E-state index < -0.39 is 0 Å². The summed E-state index contributed by atoms with van der Waals surface area (Å²) in [6.07, 6.45) is 2.27. The number of nitrogens with one attached hydrogen (secondary N) is 1. The van der Waals surface area contributed by atoms with Gasteiger partial charge < -0.3 is 20.4 Å². The van der Waals surface area contributed by atoms with Crippen molar-refractivity contribution in [1.29, 1.82) is 0 Å². The molecule has 1 fully saturated rings. The molecule has 0 amide bonds. The van der Waals surface area contributed by atoms with Crippen LogP contribution in [0.25, 0.3) is 11.0 Å². The van der Waals surface area contributed by atoms with Gasteiger partial charge in [0.05, 0.1) is 11.0 Å². The first-order valence-corrected chi connectivity index (χ1v) is 6.76. The second kappa shape index (κ2) is 5.09. The molecule has 1 aliphatic heterocycles. The first-order valence-electron chi connectivity index (χ1n) is 6.76. The lowest BCUT2D eigenvalue weighted by atomic mass is 10.0. The Balaban J connectivity index is 1.75. The minimum absolute atomic E-state index is 0.692. The molecule has 0 bridgehead atoms. The zero-order valence-corrected chi connectivity index (χ0v) is 11.2. The number of ether oxygens (including phenoxy) is 1. The molecular weight excluding hydrogens is 240 g/mol. The van der Waals surface area contributed by atoms with E-state index in [-0.39, 0.29) is 0 Å². The molecule has 0 atom stereocenters. The molecule has 5 nitrogen and oxygen atoms in total. The van der Waals surface area contributed by atoms with Gasteiger partial charge in [-0.15, -0.1) is 0 Å². The number of rotatable bonds is 3. The van der Waals surface area contributed by atoms with Crippen molar-refractivity contribution in [1.82, 2.24) is 9.97 Å². The molecule has 1 aromatic heterocycles. The molecule has 0 radical (unpaired) electrons. The van der Waals surface area contributed by atoms with Crippen molar-refractivity contribution in [2.45, 2.75) is 12.8 Å². The van der Waals surface area contributed by atoms with Crippen molar-refractivity contribution in [3.8, 4) is 0 Å². The number of fused-ring (bicyclic) bond motifs is 1. The van der Waals surface area contributed by atoms with E-state index in [1.165, 1.54) is 0 Å². The van der Waals surface area contributed by atoms with Crippen LogP contribution in [0.1, 0.15) is 12.8 Å². The predicted octanol–water partition coefficient (Wildman–Crippen LogP) is 2.01. The summed E-state index contributed by atoms with van der Waals surface area (Å²) in [6, 6.07) is 5.76. The van der Waals surface area contributed by atoms with Gasteiger partial charge in [-0.25, -0.2) is 4.98 Å². The van der Waals surface area contributed by atoms with E-state index in [0.717, 1.165) is 55.3 Å². The zero-order chi connectivity index (χ0) is 13.2. The Morgan fingerprint density at radius 1 is 1.42 bits per heavy atom. The Bertz CT molecular complexity index is 560. The van der Waals surface area contributed by atoms with Crippen molar-refractivity contribution in [3.05, 3.63) is 18.2 Å². The molecule has 2 aromatic rings. The highest BCUT2D eigenvalue weighted by atomic mass is 16.5. The minimum atomic E-state index is 0.692. The third-order valence-electron chi connectivity index (χ3n) is 3.73. The van der Waals surface area contributed by atoms with Crippen LogP contribution in [0.2, 0.25) is 0 Å². The van der Waals surface area contributed by atoms with E-state index in [9.17, 15) is 0 Å². The van der Waals surface area contributed by atoms with E-state index in [1.807, 2.05) is 18.2 Å². The largest absolute Gasteiger partial charge is 0.399 e. The van der Waals surface area contributed by atoms with Crippen LogP contribution in [-0.4, -0.2) is 36.8 Å². The van der Waals surface area contributed by atoms with Crippen LogP contribution in [-0.2, 0) is 4.74 Å². The molecule has 102 valence electrons. The average molecular weight is 260 g/mol. The molecular formula is C14H20N4O.